The molecule has 0 aliphatic heterocycles. The maximum atomic E-state index is 14.1. The van der Waals surface area contributed by atoms with Gasteiger partial charge in [-0.2, -0.15) is 0 Å². The van der Waals surface area contributed by atoms with Crippen molar-refractivity contribution in [2.45, 2.75) is 25.2 Å². The van der Waals surface area contributed by atoms with Crippen LogP contribution in [0.3, 0.4) is 0 Å². The molecular weight excluding hydrogens is 329 g/mol. The van der Waals surface area contributed by atoms with Crippen LogP contribution in [0.4, 0.5) is 8.78 Å². The maximum absolute atomic E-state index is 14.1. The first-order valence-corrected chi connectivity index (χ1v) is 7.77. The number of benzene rings is 2. The lowest BCUT2D eigenvalue weighted by atomic mass is 9.86. The molecule has 0 spiro atoms. The van der Waals surface area contributed by atoms with E-state index in [0.29, 0.717) is 34.9 Å². The molecule has 0 aromatic heterocycles. The molecule has 0 N–H and O–H groups in total. The summed E-state index contributed by atoms with van der Waals surface area (Å²) < 4.78 is 28.3. The van der Waals surface area contributed by atoms with Crippen molar-refractivity contribution in [1.29, 1.82) is 0 Å². The summed E-state index contributed by atoms with van der Waals surface area (Å²) in [5.41, 5.74) is 0.543. The predicted molar refractivity (Wildman–Crippen MR) is 84.1 cm³/mol. The molecule has 0 aliphatic rings. The van der Waals surface area contributed by atoms with Crippen molar-refractivity contribution in [2.75, 3.05) is 6.61 Å². The van der Waals surface area contributed by atoms with Crippen molar-refractivity contribution in [1.82, 2.24) is 0 Å². The fourth-order valence-corrected chi connectivity index (χ4v) is 2.98. The van der Waals surface area contributed by atoms with E-state index in [1.165, 1.54) is 18.2 Å². The van der Waals surface area contributed by atoms with E-state index in [9.17, 15) is 13.9 Å². The minimum atomic E-state index is -0.622. The summed E-state index contributed by atoms with van der Waals surface area (Å²) >= 11 is 12.2. The van der Waals surface area contributed by atoms with Crippen molar-refractivity contribution in [3.63, 3.8) is 0 Å². The van der Waals surface area contributed by atoms with E-state index in [-0.39, 0.29) is 12.2 Å². The molecule has 0 heterocycles. The van der Waals surface area contributed by atoms with Gasteiger partial charge >= 0.3 is 0 Å². The van der Waals surface area contributed by atoms with Gasteiger partial charge in [-0.3, -0.25) is 0 Å². The molecule has 22 heavy (non-hydrogen) atoms. The smallest absolute Gasteiger partial charge is 0.129 e. The van der Waals surface area contributed by atoms with Crippen LogP contribution in [0, 0.1) is 11.6 Å². The molecule has 0 aliphatic carbocycles. The second kappa shape index (κ2) is 7.91. The van der Waals surface area contributed by atoms with Crippen molar-refractivity contribution in [3.05, 3.63) is 69.2 Å². The monoisotopic (exact) mass is 343 g/mol. The number of hydrogen-bond acceptors (Lipinski definition) is 0. The van der Waals surface area contributed by atoms with E-state index in [0.717, 1.165) is 0 Å². The minimum absolute atomic E-state index is 0.0300. The van der Waals surface area contributed by atoms with Gasteiger partial charge < -0.3 is 0 Å². The molecule has 2 aromatic rings. The third kappa shape index (κ3) is 3.78. The lowest BCUT2D eigenvalue weighted by Gasteiger charge is -2.21. The Labute approximate surface area is 138 Å². The molecule has 2 rings (SSSR count). The van der Waals surface area contributed by atoms with E-state index in [1.807, 2.05) is 0 Å². The van der Waals surface area contributed by atoms with Gasteiger partial charge in [0.2, 0.25) is 0 Å². The Bertz CT molecular complexity index is 626. The van der Waals surface area contributed by atoms with Crippen LogP contribution >= 0.6 is 23.2 Å². The largest absolute Gasteiger partial charge is 0.237 e. The fraction of sp³-hybridized carbons (Fsp3) is 0.294. The molecular formula is C17H15Cl2F2O. The van der Waals surface area contributed by atoms with Crippen LogP contribution in [0.15, 0.2) is 36.4 Å². The number of halogens is 4. The van der Waals surface area contributed by atoms with Gasteiger partial charge in [0.25, 0.3) is 0 Å². The van der Waals surface area contributed by atoms with Crippen LogP contribution in [0.5, 0.6) is 0 Å². The topological polar surface area (TPSA) is 19.9 Å². The van der Waals surface area contributed by atoms with Crippen LogP contribution in [0.25, 0.3) is 0 Å². The molecule has 1 unspecified atom stereocenters. The number of unbranched alkanes of at least 4 members (excludes halogenated alkanes) is 1. The van der Waals surface area contributed by atoms with E-state index >= 15 is 0 Å². The van der Waals surface area contributed by atoms with Gasteiger partial charge in [0.1, 0.15) is 11.6 Å². The summed E-state index contributed by atoms with van der Waals surface area (Å²) in [6.45, 7) is -0.213. The molecule has 117 valence electrons. The molecule has 0 bridgehead atoms. The Hall–Kier alpha value is -1.16. The van der Waals surface area contributed by atoms with E-state index in [2.05, 4.69) is 0 Å². The maximum Gasteiger partial charge on any atom is 0.129 e. The van der Waals surface area contributed by atoms with Crippen molar-refractivity contribution in [2.24, 2.45) is 0 Å². The molecule has 5 heteroatoms. The van der Waals surface area contributed by atoms with Gasteiger partial charge in [-0.25, -0.2) is 13.9 Å². The van der Waals surface area contributed by atoms with Crippen LogP contribution in [0.1, 0.15) is 36.3 Å². The average molecular weight is 344 g/mol. The normalized spacial score (nSPS) is 12.4. The quantitative estimate of drug-likeness (QED) is 0.573. The highest BCUT2D eigenvalue weighted by Gasteiger charge is 2.24. The van der Waals surface area contributed by atoms with Crippen LogP contribution in [-0.2, 0) is 5.11 Å². The van der Waals surface area contributed by atoms with Gasteiger partial charge in [-0.1, -0.05) is 47.8 Å². The predicted octanol–water partition coefficient (Wildman–Crippen LogP) is 6.00. The van der Waals surface area contributed by atoms with Crippen molar-refractivity contribution < 1.29 is 13.9 Å². The molecule has 1 nitrogen and oxygen atoms in total. The number of hydrogen-bond donors (Lipinski definition) is 0. The Morgan fingerprint density at radius 2 is 1.59 bits per heavy atom. The third-order valence-electron chi connectivity index (χ3n) is 3.59. The van der Waals surface area contributed by atoms with E-state index in [4.69, 9.17) is 23.2 Å². The molecule has 1 radical (unpaired) electrons. The summed E-state index contributed by atoms with van der Waals surface area (Å²) in [5, 5.41) is 11.3. The Balaban J connectivity index is 2.49. The highest BCUT2D eigenvalue weighted by molar-refractivity contribution is 6.42. The second-order valence-electron chi connectivity index (χ2n) is 5.03. The Morgan fingerprint density at radius 1 is 0.955 bits per heavy atom. The highest BCUT2D eigenvalue weighted by Crippen LogP contribution is 2.39. The van der Waals surface area contributed by atoms with Gasteiger partial charge in [-0.15, -0.1) is 0 Å². The van der Waals surface area contributed by atoms with Gasteiger partial charge in [-0.05, 0) is 36.6 Å². The van der Waals surface area contributed by atoms with Crippen LogP contribution < -0.4 is 0 Å². The van der Waals surface area contributed by atoms with Gasteiger partial charge in [0.05, 0.1) is 16.7 Å². The Morgan fingerprint density at radius 3 is 2.23 bits per heavy atom. The van der Waals surface area contributed by atoms with Crippen molar-refractivity contribution >= 4 is 23.2 Å². The summed E-state index contributed by atoms with van der Waals surface area (Å²) in [7, 11) is 0. The van der Waals surface area contributed by atoms with Crippen LogP contribution in [-0.4, -0.2) is 6.61 Å². The molecule has 0 saturated heterocycles. The standard InChI is InChI=1S/C17H15Cl2F2O/c18-13-7-3-6-12(17(13)19)11(5-1-2-10-22)16-14(20)8-4-9-15(16)21/h3-4,6-9,11H,1-2,5,10H2. The first kappa shape index (κ1) is 17.2. The SMILES string of the molecule is [O]CCCCC(c1cccc(Cl)c1Cl)c1c(F)cccc1F. The zero-order chi connectivity index (χ0) is 16.1. The fourth-order valence-electron chi connectivity index (χ4n) is 2.54. The zero-order valence-electron chi connectivity index (χ0n) is 11.8. The molecule has 0 fully saturated rings. The molecule has 1 atom stereocenters. The van der Waals surface area contributed by atoms with Crippen LogP contribution in [0.2, 0.25) is 10.0 Å². The summed E-state index contributed by atoms with van der Waals surface area (Å²) in [6.07, 6.45) is 1.44. The van der Waals surface area contributed by atoms with Gasteiger partial charge in [0, 0.05) is 11.5 Å². The minimum Gasteiger partial charge on any atom is -0.237 e. The molecule has 0 saturated carbocycles. The molecule has 0 amide bonds. The summed E-state index contributed by atoms with van der Waals surface area (Å²) in [4.78, 5) is 0. The summed E-state index contributed by atoms with van der Waals surface area (Å²) in [6, 6.07) is 8.79. The van der Waals surface area contributed by atoms with E-state index in [1.54, 1.807) is 18.2 Å². The molecule has 2 aromatic carbocycles. The third-order valence-corrected chi connectivity index (χ3v) is 4.43. The van der Waals surface area contributed by atoms with E-state index < -0.39 is 17.6 Å². The zero-order valence-corrected chi connectivity index (χ0v) is 13.3. The lowest BCUT2D eigenvalue weighted by molar-refractivity contribution is 0.185. The van der Waals surface area contributed by atoms with Crippen molar-refractivity contribution in [3.8, 4) is 0 Å². The number of rotatable bonds is 6. The lowest BCUT2D eigenvalue weighted by Crippen LogP contribution is -2.08. The van der Waals surface area contributed by atoms with Gasteiger partial charge in [0.15, 0.2) is 0 Å². The summed E-state index contributed by atoms with van der Waals surface area (Å²) in [5.74, 6) is -1.81. The first-order valence-electron chi connectivity index (χ1n) is 7.02. The Kier molecular flexibility index (Phi) is 6.18. The average Bonchev–Trinajstić information content (AvgIpc) is 2.49. The highest BCUT2D eigenvalue weighted by atomic mass is 35.5. The first-order chi connectivity index (χ1) is 10.6. The second-order valence-corrected chi connectivity index (χ2v) is 5.82.